The van der Waals surface area contributed by atoms with Crippen LogP contribution in [0.1, 0.15) is 33.2 Å². The summed E-state index contributed by atoms with van der Waals surface area (Å²) in [5.74, 6) is 0.0286. The van der Waals surface area contributed by atoms with Gasteiger partial charge in [-0.25, -0.2) is 0 Å². The number of benzene rings is 1. The van der Waals surface area contributed by atoms with E-state index in [1.54, 1.807) is 23.2 Å². The van der Waals surface area contributed by atoms with Crippen LogP contribution in [0.4, 0.5) is 0 Å². The Bertz CT molecular complexity index is 646. The molecule has 1 unspecified atom stereocenters. The van der Waals surface area contributed by atoms with Crippen LogP contribution in [0.15, 0.2) is 49.2 Å². The first-order chi connectivity index (χ1) is 9.22. The van der Waals surface area contributed by atoms with E-state index in [0.29, 0.717) is 5.56 Å². The van der Waals surface area contributed by atoms with Gasteiger partial charge < -0.3 is 4.90 Å². The van der Waals surface area contributed by atoms with Gasteiger partial charge in [-0.1, -0.05) is 36.9 Å². The number of nitrogens with zero attached hydrogens (tertiary/aromatic N) is 2. The molecule has 94 valence electrons. The molecule has 0 saturated carbocycles. The zero-order valence-corrected chi connectivity index (χ0v) is 10.7. The SMILES string of the molecule is C=Cc1ccc(C2c3ncccc3C(=O)N2C)cc1. The molecule has 0 N–H and O–H groups in total. The maximum atomic E-state index is 12.2. The highest BCUT2D eigenvalue weighted by Crippen LogP contribution is 2.35. The molecule has 0 radical (unpaired) electrons. The third-order valence-corrected chi connectivity index (χ3v) is 3.52. The van der Waals surface area contributed by atoms with Crippen molar-refractivity contribution in [2.75, 3.05) is 7.05 Å². The molecule has 0 spiro atoms. The van der Waals surface area contributed by atoms with Gasteiger partial charge in [0.25, 0.3) is 5.91 Å². The molecule has 1 amide bonds. The lowest BCUT2D eigenvalue weighted by atomic mass is 10.0. The van der Waals surface area contributed by atoms with E-state index in [4.69, 9.17) is 0 Å². The van der Waals surface area contributed by atoms with Crippen LogP contribution in [0.25, 0.3) is 6.08 Å². The number of pyridine rings is 1. The minimum absolute atomic E-state index is 0.0286. The summed E-state index contributed by atoms with van der Waals surface area (Å²) in [5.41, 5.74) is 3.67. The van der Waals surface area contributed by atoms with Crippen molar-refractivity contribution in [2.24, 2.45) is 0 Å². The number of aromatic nitrogens is 1. The highest BCUT2D eigenvalue weighted by Gasteiger charge is 2.36. The average Bonchev–Trinajstić information content (AvgIpc) is 2.72. The van der Waals surface area contributed by atoms with E-state index < -0.39 is 0 Å². The van der Waals surface area contributed by atoms with Crippen LogP contribution in [0, 0.1) is 0 Å². The lowest BCUT2D eigenvalue weighted by Gasteiger charge is -2.20. The third kappa shape index (κ3) is 1.74. The molecule has 3 heteroatoms. The average molecular weight is 250 g/mol. The van der Waals surface area contributed by atoms with E-state index in [-0.39, 0.29) is 11.9 Å². The van der Waals surface area contributed by atoms with Crippen molar-refractivity contribution < 1.29 is 4.79 Å². The predicted molar refractivity (Wildman–Crippen MR) is 74.7 cm³/mol. The summed E-state index contributed by atoms with van der Waals surface area (Å²) in [6.45, 7) is 3.74. The number of hydrogen-bond donors (Lipinski definition) is 0. The second-order valence-electron chi connectivity index (χ2n) is 4.63. The number of carbonyl (C=O) groups is 1. The standard InChI is InChI=1S/C16H14N2O/c1-3-11-6-8-12(9-7-11)15-14-13(5-4-10-17-14)16(19)18(15)2/h3-10,15H,1H2,2H3. The molecule has 3 nitrogen and oxygen atoms in total. The van der Waals surface area contributed by atoms with E-state index in [0.717, 1.165) is 16.8 Å². The normalized spacial score (nSPS) is 17.4. The van der Waals surface area contributed by atoms with Gasteiger partial charge in [0.1, 0.15) is 6.04 Å². The molecular weight excluding hydrogens is 236 g/mol. The Balaban J connectivity index is 2.09. The second kappa shape index (κ2) is 4.35. The Labute approximate surface area is 112 Å². The van der Waals surface area contributed by atoms with E-state index in [1.165, 1.54) is 0 Å². The van der Waals surface area contributed by atoms with Gasteiger partial charge in [0.15, 0.2) is 0 Å². The van der Waals surface area contributed by atoms with Crippen molar-refractivity contribution in [3.63, 3.8) is 0 Å². The van der Waals surface area contributed by atoms with Gasteiger partial charge in [-0.05, 0) is 23.3 Å². The van der Waals surface area contributed by atoms with Gasteiger partial charge in [0.05, 0.1) is 11.3 Å². The molecule has 0 bridgehead atoms. The van der Waals surface area contributed by atoms with E-state index in [2.05, 4.69) is 11.6 Å². The van der Waals surface area contributed by atoms with Crippen LogP contribution in [0.3, 0.4) is 0 Å². The lowest BCUT2D eigenvalue weighted by Crippen LogP contribution is -2.23. The van der Waals surface area contributed by atoms with Crippen molar-refractivity contribution >= 4 is 12.0 Å². The zero-order chi connectivity index (χ0) is 13.4. The molecule has 1 aromatic heterocycles. The number of rotatable bonds is 2. The molecule has 0 saturated heterocycles. The predicted octanol–water partition coefficient (Wildman–Crippen LogP) is 2.90. The van der Waals surface area contributed by atoms with Gasteiger partial charge in [0.2, 0.25) is 0 Å². The van der Waals surface area contributed by atoms with E-state index in [1.807, 2.05) is 37.4 Å². The number of amides is 1. The van der Waals surface area contributed by atoms with Gasteiger partial charge in [-0.15, -0.1) is 0 Å². The zero-order valence-electron chi connectivity index (χ0n) is 10.7. The molecular formula is C16H14N2O. The Morgan fingerprint density at radius 1 is 1.26 bits per heavy atom. The maximum absolute atomic E-state index is 12.2. The fourth-order valence-corrected chi connectivity index (χ4v) is 2.50. The van der Waals surface area contributed by atoms with Crippen molar-refractivity contribution in [3.8, 4) is 0 Å². The molecule has 1 aliphatic rings. The Kier molecular flexibility index (Phi) is 2.67. The fraction of sp³-hybridized carbons (Fsp3) is 0.125. The quantitative estimate of drug-likeness (QED) is 0.821. The second-order valence-corrected chi connectivity index (χ2v) is 4.63. The van der Waals surface area contributed by atoms with Crippen LogP contribution < -0.4 is 0 Å². The van der Waals surface area contributed by atoms with Crippen LogP contribution in [0.2, 0.25) is 0 Å². The molecule has 2 aromatic rings. The summed E-state index contributed by atoms with van der Waals surface area (Å²) in [4.78, 5) is 18.3. The first kappa shape index (κ1) is 11.7. The molecule has 1 atom stereocenters. The molecule has 2 heterocycles. The molecule has 19 heavy (non-hydrogen) atoms. The summed E-state index contributed by atoms with van der Waals surface area (Å²) >= 11 is 0. The Morgan fingerprint density at radius 3 is 2.68 bits per heavy atom. The Hall–Kier alpha value is -2.42. The smallest absolute Gasteiger partial charge is 0.256 e. The molecule has 1 aliphatic heterocycles. The minimum Gasteiger partial charge on any atom is -0.329 e. The number of hydrogen-bond acceptors (Lipinski definition) is 2. The van der Waals surface area contributed by atoms with Crippen molar-refractivity contribution in [1.29, 1.82) is 0 Å². The van der Waals surface area contributed by atoms with Crippen LogP contribution >= 0.6 is 0 Å². The van der Waals surface area contributed by atoms with Crippen LogP contribution in [0.5, 0.6) is 0 Å². The molecule has 0 fully saturated rings. The van der Waals surface area contributed by atoms with Crippen LogP contribution in [-0.2, 0) is 0 Å². The van der Waals surface area contributed by atoms with Gasteiger partial charge in [0, 0.05) is 13.2 Å². The molecule has 0 aliphatic carbocycles. The van der Waals surface area contributed by atoms with Gasteiger partial charge in [-0.2, -0.15) is 0 Å². The summed E-state index contributed by atoms with van der Waals surface area (Å²) in [6.07, 6.45) is 3.54. The highest BCUT2D eigenvalue weighted by atomic mass is 16.2. The molecule has 3 rings (SSSR count). The van der Waals surface area contributed by atoms with E-state index in [9.17, 15) is 4.79 Å². The summed E-state index contributed by atoms with van der Waals surface area (Å²) in [5, 5.41) is 0. The minimum atomic E-state index is -0.0948. The van der Waals surface area contributed by atoms with Crippen molar-refractivity contribution in [2.45, 2.75) is 6.04 Å². The summed E-state index contributed by atoms with van der Waals surface area (Å²) in [7, 11) is 1.82. The Morgan fingerprint density at radius 2 is 2.00 bits per heavy atom. The number of fused-ring (bicyclic) bond motifs is 1. The van der Waals surface area contributed by atoms with Gasteiger partial charge >= 0.3 is 0 Å². The van der Waals surface area contributed by atoms with Crippen LogP contribution in [-0.4, -0.2) is 22.8 Å². The monoisotopic (exact) mass is 250 g/mol. The number of carbonyl (C=O) groups excluding carboxylic acids is 1. The summed E-state index contributed by atoms with van der Waals surface area (Å²) < 4.78 is 0. The molecule has 1 aromatic carbocycles. The van der Waals surface area contributed by atoms with Crippen molar-refractivity contribution in [1.82, 2.24) is 9.88 Å². The van der Waals surface area contributed by atoms with E-state index >= 15 is 0 Å². The lowest BCUT2D eigenvalue weighted by molar-refractivity contribution is 0.0793. The van der Waals surface area contributed by atoms with Gasteiger partial charge in [-0.3, -0.25) is 9.78 Å². The van der Waals surface area contributed by atoms with Crippen molar-refractivity contribution in [3.05, 3.63) is 71.6 Å². The third-order valence-electron chi connectivity index (χ3n) is 3.52. The first-order valence-corrected chi connectivity index (χ1v) is 6.17. The fourth-order valence-electron chi connectivity index (χ4n) is 2.50. The maximum Gasteiger partial charge on any atom is 0.256 e. The topological polar surface area (TPSA) is 33.2 Å². The first-order valence-electron chi connectivity index (χ1n) is 6.17. The summed E-state index contributed by atoms with van der Waals surface area (Å²) in [6, 6.07) is 11.6. The highest BCUT2D eigenvalue weighted by molar-refractivity contribution is 5.98. The largest absolute Gasteiger partial charge is 0.329 e.